The SMILES string of the molecule is CCn1c(CC(=O)Nc2ccccc2Cl)nnc1SC(C)C(=O)NC1CCCC1. The lowest BCUT2D eigenvalue weighted by Gasteiger charge is -2.16. The van der Waals surface area contributed by atoms with E-state index in [4.69, 9.17) is 11.6 Å². The van der Waals surface area contributed by atoms with E-state index in [9.17, 15) is 9.59 Å². The average Bonchev–Trinajstić information content (AvgIpc) is 3.33. The van der Waals surface area contributed by atoms with E-state index in [1.165, 1.54) is 24.6 Å². The molecular weight excluding hydrogens is 410 g/mol. The summed E-state index contributed by atoms with van der Waals surface area (Å²) in [6.45, 7) is 4.45. The fourth-order valence-electron chi connectivity index (χ4n) is 3.36. The minimum atomic E-state index is -0.282. The van der Waals surface area contributed by atoms with Gasteiger partial charge < -0.3 is 15.2 Å². The van der Waals surface area contributed by atoms with Crippen molar-refractivity contribution in [3.05, 3.63) is 35.1 Å². The van der Waals surface area contributed by atoms with Crippen LogP contribution in [0.5, 0.6) is 0 Å². The Hall–Kier alpha value is -2.06. The quantitative estimate of drug-likeness (QED) is 0.617. The summed E-state index contributed by atoms with van der Waals surface area (Å²) in [6, 6.07) is 7.37. The Labute approximate surface area is 180 Å². The van der Waals surface area contributed by atoms with Crippen LogP contribution >= 0.6 is 23.4 Å². The van der Waals surface area contributed by atoms with Gasteiger partial charge in [-0.1, -0.05) is 48.3 Å². The molecule has 1 heterocycles. The molecule has 1 aromatic heterocycles. The molecule has 0 spiro atoms. The van der Waals surface area contributed by atoms with Crippen LogP contribution in [0.15, 0.2) is 29.4 Å². The van der Waals surface area contributed by atoms with E-state index in [0.717, 1.165) is 12.8 Å². The number of para-hydroxylation sites is 1. The third-order valence-electron chi connectivity index (χ3n) is 4.93. The highest BCUT2D eigenvalue weighted by Crippen LogP contribution is 2.25. The number of nitrogens with one attached hydrogen (secondary N) is 2. The highest BCUT2D eigenvalue weighted by Gasteiger charge is 2.24. The maximum absolute atomic E-state index is 12.5. The van der Waals surface area contributed by atoms with Crippen molar-refractivity contribution >= 4 is 40.9 Å². The lowest BCUT2D eigenvalue weighted by molar-refractivity contribution is -0.121. The van der Waals surface area contributed by atoms with Crippen molar-refractivity contribution in [2.75, 3.05) is 5.32 Å². The number of nitrogens with zero attached hydrogens (tertiary/aromatic N) is 3. The third kappa shape index (κ3) is 5.73. The zero-order chi connectivity index (χ0) is 20.8. The Kier molecular flexibility index (Phi) is 7.55. The molecule has 2 amide bonds. The maximum atomic E-state index is 12.5. The van der Waals surface area contributed by atoms with Crippen molar-refractivity contribution in [3.63, 3.8) is 0 Å². The molecule has 9 heteroatoms. The Bertz CT molecular complexity index is 866. The van der Waals surface area contributed by atoms with Crippen LogP contribution in [0.3, 0.4) is 0 Å². The van der Waals surface area contributed by atoms with Gasteiger partial charge in [0.05, 0.1) is 22.4 Å². The van der Waals surface area contributed by atoms with Crippen molar-refractivity contribution in [3.8, 4) is 0 Å². The summed E-state index contributed by atoms with van der Waals surface area (Å²) in [6.07, 6.45) is 4.54. The number of halogens is 1. The van der Waals surface area contributed by atoms with Gasteiger partial charge in [0.15, 0.2) is 5.16 Å². The zero-order valence-electron chi connectivity index (χ0n) is 16.7. The van der Waals surface area contributed by atoms with Crippen LogP contribution in [0.4, 0.5) is 5.69 Å². The molecule has 1 atom stereocenters. The molecule has 2 N–H and O–H groups in total. The van der Waals surface area contributed by atoms with Gasteiger partial charge in [0, 0.05) is 12.6 Å². The lowest BCUT2D eigenvalue weighted by Crippen LogP contribution is -2.37. The van der Waals surface area contributed by atoms with Crippen LogP contribution < -0.4 is 10.6 Å². The van der Waals surface area contributed by atoms with Gasteiger partial charge in [0.25, 0.3) is 0 Å². The number of aromatic nitrogens is 3. The summed E-state index contributed by atoms with van der Waals surface area (Å²) in [4.78, 5) is 24.9. The molecule has 1 saturated carbocycles. The number of rotatable bonds is 8. The molecule has 0 bridgehead atoms. The van der Waals surface area contributed by atoms with Crippen molar-refractivity contribution in [1.82, 2.24) is 20.1 Å². The number of benzene rings is 1. The molecule has 7 nitrogen and oxygen atoms in total. The molecule has 1 aliphatic rings. The van der Waals surface area contributed by atoms with Crippen LogP contribution in [0.2, 0.25) is 5.02 Å². The molecule has 0 radical (unpaired) electrons. The van der Waals surface area contributed by atoms with Crippen LogP contribution in [0.25, 0.3) is 0 Å². The number of hydrogen-bond acceptors (Lipinski definition) is 5. The van der Waals surface area contributed by atoms with E-state index in [-0.39, 0.29) is 23.5 Å². The molecule has 1 aromatic carbocycles. The Morgan fingerprint density at radius 1 is 1.28 bits per heavy atom. The number of amides is 2. The molecular formula is C20H26ClN5O2S. The first-order valence-electron chi connectivity index (χ1n) is 9.91. The summed E-state index contributed by atoms with van der Waals surface area (Å²) >= 11 is 7.46. The van der Waals surface area contributed by atoms with E-state index in [0.29, 0.717) is 34.3 Å². The van der Waals surface area contributed by atoms with E-state index in [1.807, 2.05) is 24.5 Å². The number of carbonyl (C=O) groups excluding carboxylic acids is 2. The minimum absolute atomic E-state index is 0.0190. The smallest absolute Gasteiger partial charge is 0.233 e. The van der Waals surface area contributed by atoms with Gasteiger partial charge in [-0.25, -0.2) is 0 Å². The van der Waals surface area contributed by atoms with Crippen LogP contribution in [-0.4, -0.2) is 37.9 Å². The molecule has 2 aromatic rings. The number of hydrogen-bond donors (Lipinski definition) is 2. The largest absolute Gasteiger partial charge is 0.352 e. The summed E-state index contributed by atoms with van der Waals surface area (Å²) in [5.74, 6) is 0.359. The van der Waals surface area contributed by atoms with Gasteiger partial charge in [-0.2, -0.15) is 0 Å². The third-order valence-corrected chi connectivity index (χ3v) is 6.34. The van der Waals surface area contributed by atoms with Gasteiger partial charge in [-0.15, -0.1) is 10.2 Å². The molecule has 1 fully saturated rings. The molecule has 1 aliphatic carbocycles. The molecule has 0 aliphatic heterocycles. The lowest BCUT2D eigenvalue weighted by atomic mass is 10.2. The number of thioether (sulfide) groups is 1. The second-order valence-electron chi connectivity index (χ2n) is 7.10. The van der Waals surface area contributed by atoms with Crippen LogP contribution in [0, 0.1) is 0 Å². The standard InChI is InChI=1S/C20H26ClN5O2S/c1-3-26-17(12-18(27)23-16-11-7-6-10-15(16)21)24-25-20(26)29-13(2)19(28)22-14-8-4-5-9-14/h6-7,10-11,13-14H,3-5,8-9,12H2,1-2H3,(H,22,28)(H,23,27). The van der Waals surface area contributed by atoms with Gasteiger partial charge >= 0.3 is 0 Å². The monoisotopic (exact) mass is 435 g/mol. The fourth-order valence-corrected chi connectivity index (χ4v) is 4.48. The van der Waals surface area contributed by atoms with Gasteiger partial charge in [0.2, 0.25) is 11.8 Å². The van der Waals surface area contributed by atoms with Crippen molar-refractivity contribution < 1.29 is 9.59 Å². The summed E-state index contributed by atoms with van der Waals surface area (Å²) in [5.41, 5.74) is 0.563. The molecule has 3 rings (SSSR count). The van der Waals surface area contributed by atoms with Gasteiger partial charge in [0.1, 0.15) is 5.82 Å². The Morgan fingerprint density at radius 3 is 2.69 bits per heavy atom. The van der Waals surface area contributed by atoms with Crippen molar-refractivity contribution in [2.24, 2.45) is 0 Å². The maximum Gasteiger partial charge on any atom is 0.233 e. The van der Waals surface area contributed by atoms with Gasteiger partial charge in [-0.3, -0.25) is 9.59 Å². The van der Waals surface area contributed by atoms with E-state index >= 15 is 0 Å². The van der Waals surface area contributed by atoms with Crippen LogP contribution in [-0.2, 0) is 22.6 Å². The molecule has 1 unspecified atom stereocenters. The highest BCUT2D eigenvalue weighted by molar-refractivity contribution is 8.00. The predicted molar refractivity (Wildman–Crippen MR) is 115 cm³/mol. The van der Waals surface area contributed by atoms with Crippen LogP contribution in [0.1, 0.15) is 45.4 Å². The van der Waals surface area contributed by atoms with Crippen molar-refractivity contribution in [1.29, 1.82) is 0 Å². The first-order valence-corrected chi connectivity index (χ1v) is 11.2. The zero-order valence-corrected chi connectivity index (χ0v) is 18.2. The predicted octanol–water partition coefficient (Wildman–Crippen LogP) is 3.67. The Balaban J connectivity index is 1.61. The molecule has 156 valence electrons. The second kappa shape index (κ2) is 10.1. The highest BCUT2D eigenvalue weighted by atomic mass is 35.5. The summed E-state index contributed by atoms with van der Waals surface area (Å²) in [7, 11) is 0. The first kappa shape index (κ1) is 21.6. The topological polar surface area (TPSA) is 88.9 Å². The second-order valence-corrected chi connectivity index (χ2v) is 8.81. The van der Waals surface area contributed by atoms with E-state index in [2.05, 4.69) is 20.8 Å². The molecule has 29 heavy (non-hydrogen) atoms. The number of anilines is 1. The summed E-state index contributed by atoms with van der Waals surface area (Å²) < 4.78 is 1.87. The normalized spacial score (nSPS) is 15.3. The summed E-state index contributed by atoms with van der Waals surface area (Å²) in [5, 5.41) is 15.1. The van der Waals surface area contributed by atoms with Gasteiger partial charge in [-0.05, 0) is 38.8 Å². The fraction of sp³-hybridized carbons (Fsp3) is 0.500. The van der Waals surface area contributed by atoms with Crippen molar-refractivity contribution in [2.45, 2.75) is 68.9 Å². The van der Waals surface area contributed by atoms with E-state index < -0.39 is 0 Å². The average molecular weight is 436 g/mol. The van der Waals surface area contributed by atoms with E-state index in [1.54, 1.807) is 18.2 Å². The minimum Gasteiger partial charge on any atom is -0.352 e. The molecule has 0 saturated heterocycles. The first-order chi connectivity index (χ1) is 14.0. The number of carbonyl (C=O) groups is 2. The Morgan fingerprint density at radius 2 is 2.00 bits per heavy atom.